The Morgan fingerprint density at radius 1 is 1.21 bits per heavy atom. The fourth-order valence-electron chi connectivity index (χ4n) is 3.14. The maximum absolute atomic E-state index is 10.1. The number of phenols is 1. The van der Waals surface area contributed by atoms with Gasteiger partial charge in [-0.15, -0.1) is 0 Å². The third kappa shape index (κ3) is 2.93. The van der Waals surface area contributed by atoms with Crippen LogP contribution in [0.1, 0.15) is 38.8 Å². The Morgan fingerprint density at radius 2 is 1.79 bits per heavy atom. The minimum absolute atomic E-state index is 0.319. The normalized spacial score (nSPS) is 27.4. The summed E-state index contributed by atoms with van der Waals surface area (Å²) in [6.07, 6.45) is 1.03. The molecule has 1 aliphatic heterocycles. The molecule has 1 aromatic carbocycles. The van der Waals surface area contributed by atoms with Crippen molar-refractivity contribution in [1.82, 2.24) is 9.80 Å². The van der Waals surface area contributed by atoms with Crippen molar-refractivity contribution in [3.63, 3.8) is 0 Å². The molecule has 106 valence electrons. The molecule has 3 nitrogen and oxygen atoms in total. The average molecular weight is 262 g/mol. The zero-order chi connectivity index (χ0) is 14.0. The minimum atomic E-state index is 0.319. The van der Waals surface area contributed by atoms with E-state index in [9.17, 15) is 5.11 Å². The van der Waals surface area contributed by atoms with E-state index in [2.05, 4.69) is 43.7 Å². The van der Waals surface area contributed by atoms with Crippen molar-refractivity contribution >= 4 is 0 Å². The zero-order valence-corrected chi connectivity index (χ0v) is 12.5. The van der Waals surface area contributed by atoms with Gasteiger partial charge in [0.1, 0.15) is 5.75 Å². The van der Waals surface area contributed by atoms with E-state index in [1.54, 1.807) is 6.07 Å². The first-order chi connectivity index (χ1) is 9.04. The second kappa shape index (κ2) is 5.93. The molecule has 19 heavy (non-hydrogen) atoms. The number of rotatable bonds is 3. The summed E-state index contributed by atoms with van der Waals surface area (Å²) in [5, 5.41) is 10.1. The first kappa shape index (κ1) is 14.4. The standard InChI is InChI=1S/C16H26N2O/c1-5-15(14-8-6-7-9-16(14)19)18-10-12(2)17(4)13(3)11-18/h6-9,12-13,15,19H,5,10-11H2,1-4H3. The van der Waals surface area contributed by atoms with Crippen molar-refractivity contribution in [2.75, 3.05) is 20.1 Å². The van der Waals surface area contributed by atoms with Crippen LogP contribution in [0.5, 0.6) is 5.75 Å². The summed E-state index contributed by atoms with van der Waals surface area (Å²) >= 11 is 0. The molecule has 1 fully saturated rings. The van der Waals surface area contributed by atoms with Gasteiger partial charge < -0.3 is 5.11 Å². The maximum atomic E-state index is 10.1. The van der Waals surface area contributed by atoms with Crippen LogP contribution in [0.3, 0.4) is 0 Å². The molecule has 0 saturated carbocycles. The smallest absolute Gasteiger partial charge is 0.120 e. The van der Waals surface area contributed by atoms with Gasteiger partial charge in [0.15, 0.2) is 0 Å². The molecule has 3 heteroatoms. The summed E-state index contributed by atoms with van der Waals surface area (Å²) in [5.41, 5.74) is 1.06. The molecule has 1 N–H and O–H groups in total. The zero-order valence-electron chi connectivity index (χ0n) is 12.5. The molecule has 3 atom stereocenters. The van der Waals surface area contributed by atoms with Gasteiger partial charge in [-0.25, -0.2) is 0 Å². The number of likely N-dealkylation sites (N-methyl/N-ethyl adjacent to an activating group) is 1. The van der Waals surface area contributed by atoms with Gasteiger partial charge >= 0.3 is 0 Å². The predicted molar refractivity (Wildman–Crippen MR) is 79.4 cm³/mol. The molecule has 0 radical (unpaired) electrons. The van der Waals surface area contributed by atoms with E-state index in [0.29, 0.717) is 23.9 Å². The highest BCUT2D eigenvalue weighted by molar-refractivity contribution is 5.34. The number of benzene rings is 1. The topological polar surface area (TPSA) is 26.7 Å². The van der Waals surface area contributed by atoms with Gasteiger partial charge in [-0.2, -0.15) is 0 Å². The van der Waals surface area contributed by atoms with Crippen LogP contribution in [-0.2, 0) is 0 Å². The molecule has 0 amide bonds. The van der Waals surface area contributed by atoms with E-state index >= 15 is 0 Å². The molecule has 0 aromatic heterocycles. The molecule has 0 bridgehead atoms. The van der Waals surface area contributed by atoms with Crippen molar-refractivity contribution in [2.24, 2.45) is 0 Å². The maximum Gasteiger partial charge on any atom is 0.120 e. The SMILES string of the molecule is CCC(c1ccccc1O)N1CC(C)N(C)C(C)C1. The Balaban J connectivity index is 2.21. The Labute approximate surface area is 116 Å². The number of hydrogen-bond acceptors (Lipinski definition) is 3. The van der Waals surface area contributed by atoms with Crippen LogP contribution in [0, 0.1) is 0 Å². The minimum Gasteiger partial charge on any atom is -0.508 e. The lowest BCUT2D eigenvalue weighted by Gasteiger charge is -2.45. The molecule has 1 heterocycles. The molecule has 0 spiro atoms. The third-order valence-electron chi connectivity index (χ3n) is 4.51. The van der Waals surface area contributed by atoms with E-state index < -0.39 is 0 Å². The van der Waals surface area contributed by atoms with Gasteiger partial charge in [0.05, 0.1) is 0 Å². The van der Waals surface area contributed by atoms with Gasteiger partial charge in [-0.3, -0.25) is 9.80 Å². The fourth-order valence-corrected chi connectivity index (χ4v) is 3.14. The predicted octanol–water partition coefficient (Wildman–Crippen LogP) is 2.87. The van der Waals surface area contributed by atoms with Gasteiger partial charge in [-0.1, -0.05) is 25.1 Å². The summed E-state index contributed by atoms with van der Waals surface area (Å²) in [5.74, 6) is 0.425. The van der Waals surface area contributed by atoms with Crippen LogP contribution in [0.15, 0.2) is 24.3 Å². The van der Waals surface area contributed by atoms with Crippen molar-refractivity contribution in [2.45, 2.75) is 45.3 Å². The first-order valence-electron chi connectivity index (χ1n) is 7.28. The van der Waals surface area contributed by atoms with Crippen LogP contribution in [0.25, 0.3) is 0 Å². The van der Waals surface area contributed by atoms with Crippen LogP contribution < -0.4 is 0 Å². The second-order valence-corrected chi connectivity index (χ2v) is 5.80. The van der Waals surface area contributed by atoms with Crippen LogP contribution >= 0.6 is 0 Å². The summed E-state index contributed by atoms with van der Waals surface area (Å²) in [4.78, 5) is 4.96. The van der Waals surface area contributed by atoms with Crippen molar-refractivity contribution < 1.29 is 5.11 Å². The highest BCUT2D eigenvalue weighted by atomic mass is 16.3. The Hall–Kier alpha value is -1.06. The van der Waals surface area contributed by atoms with Gasteiger partial charge in [0.25, 0.3) is 0 Å². The first-order valence-corrected chi connectivity index (χ1v) is 7.28. The Morgan fingerprint density at radius 3 is 2.32 bits per heavy atom. The highest BCUT2D eigenvalue weighted by Crippen LogP contribution is 2.33. The average Bonchev–Trinajstić information content (AvgIpc) is 2.39. The molecule has 3 unspecified atom stereocenters. The summed E-state index contributed by atoms with van der Waals surface area (Å²) in [6, 6.07) is 9.19. The van der Waals surface area contributed by atoms with Crippen molar-refractivity contribution in [3.05, 3.63) is 29.8 Å². The van der Waals surface area contributed by atoms with E-state index in [-0.39, 0.29) is 0 Å². The van der Waals surface area contributed by atoms with Gasteiger partial charge in [0.2, 0.25) is 0 Å². The van der Waals surface area contributed by atoms with Crippen LogP contribution in [0.4, 0.5) is 0 Å². The largest absolute Gasteiger partial charge is 0.508 e. The lowest BCUT2D eigenvalue weighted by Crippen LogP contribution is -2.55. The van der Waals surface area contributed by atoms with Gasteiger partial charge in [-0.05, 0) is 33.4 Å². The van der Waals surface area contributed by atoms with Crippen LogP contribution in [-0.4, -0.2) is 47.1 Å². The van der Waals surface area contributed by atoms with Crippen LogP contribution in [0.2, 0.25) is 0 Å². The Bertz CT molecular complexity index is 409. The fraction of sp³-hybridized carbons (Fsp3) is 0.625. The lowest BCUT2D eigenvalue weighted by molar-refractivity contribution is 0.0313. The molecule has 0 aliphatic carbocycles. The molecule has 1 saturated heterocycles. The Kier molecular flexibility index (Phi) is 4.48. The summed E-state index contributed by atoms with van der Waals surface area (Å²) in [6.45, 7) is 8.88. The number of para-hydroxylation sites is 1. The molecule has 1 aromatic rings. The monoisotopic (exact) mass is 262 g/mol. The van der Waals surface area contributed by atoms with E-state index in [1.165, 1.54) is 0 Å². The summed E-state index contributed by atoms with van der Waals surface area (Å²) in [7, 11) is 2.20. The number of phenolic OH excluding ortho intramolecular Hbond substituents is 1. The molecule has 2 rings (SSSR count). The number of piperazine rings is 1. The molecular weight excluding hydrogens is 236 g/mol. The lowest BCUT2D eigenvalue weighted by atomic mass is 9.98. The quantitative estimate of drug-likeness (QED) is 0.907. The van der Waals surface area contributed by atoms with Crippen molar-refractivity contribution in [1.29, 1.82) is 0 Å². The van der Waals surface area contributed by atoms with Gasteiger partial charge in [0, 0.05) is 36.8 Å². The summed E-state index contributed by atoms with van der Waals surface area (Å²) < 4.78 is 0. The van der Waals surface area contributed by atoms with Crippen molar-refractivity contribution in [3.8, 4) is 5.75 Å². The molecule has 1 aliphatic rings. The highest BCUT2D eigenvalue weighted by Gasteiger charge is 2.31. The van der Waals surface area contributed by atoms with E-state index in [4.69, 9.17) is 0 Å². The number of aromatic hydroxyl groups is 1. The molecular formula is C16H26N2O. The second-order valence-electron chi connectivity index (χ2n) is 5.80. The van der Waals surface area contributed by atoms with E-state index in [1.807, 2.05) is 12.1 Å². The van der Waals surface area contributed by atoms with E-state index in [0.717, 1.165) is 25.1 Å². The third-order valence-corrected chi connectivity index (χ3v) is 4.51. The number of nitrogens with zero attached hydrogens (tertiary/aromatic N) is 2. The number of hydrogen-bond donors (Lipinski definition) is 1.